The number of benzene rings is 2. The number of rotatable bonds is 3. The van der Waals surface area contributed by atoms with Crippen molar-refractivity contribution in [1.29, 1.82) is 0 Å². The summed E-state index contributed by atoms with van der Waals surface area (Å²) in [6.45, 7) is 4.72. The number of hydrogen-bond acceptors (Lipinski definition) is 1. The average Bonchev–Trinajstić information content (AvgIpc) is 2.36. The summed E-state index contributed by atoms with van der Waals surface area (Å²) in [6, 6.07) is 16.3. The fourth-order valence-electron chi connectivity index (χ4n) is 1.99. The molecule has 2 rings (SSSR count). The van der Waals surface area contributed by atoms with E-state index in [9.17, 15) is 0 Å². The van der Waals surface area contributed by atoms with E-state index in [4.69, 9.17) is 5.73 Å². The van der Waals surface area contributed by atoms with E-state index >= 15 is 0 Å². The Hall–Kier alpha value is -2.29. The van der Waals surface area contributed by atoms with E-state index in [2.05, 4.69) is 42.4 Å². The summed E-state index contributed by atoms with van der Waals surface area (Å²) in [5, 5.41) is 3.12. The second-order valence-electron chi connectivity index (χ2n) is 4.69. The number of hydrogen-bond donors (Lipinski definition) is 2. The van der Waals surface area contributed by atoms with Crippen molar-refractivity contribution in [2.45, 2.75) is 20.4 Å². The minimum Gasteiger partial charge on any atom is -0.370 e. The first-order valence-electron chi connectivity index (χ1n) is 6.32. The highest BCUT2D eigenvalue weighted by Crippen LogP contribution is 2.13. The molecule has 0 aliphatic heterocycles. The molecule has 0 spiro atoms. The second-order valence-corrected chi connectivity index (χ2v) is 4.69. The lowest BCUT2D eigenvalue weighted by atomic mass is 10.1. The first-order chi connectivity index (χ1) is 9.13. The van der Waals surface area contributed by atoms with E-state index in [1.165, 1.54) is 11.1 Å². The Morgan fingerprint density at radius 2 is 1.68 bits per heavy atom. The van der Waals surface area contributed by atoms with E-state index in [1.807, 2.05) is 30.3 Å². The molecule has 0 aliphatic carbocycles. The Balaban J connectivity index is 2.02. The van der Waals surface area contributed by atoms with Crippen LogP contribution in [0.2, 0.25) is 0 Å². The minimum absolute atomic E-state index is 0.439. The molecule has 0 unspecified atom stereocenters. The molecule has 2 aromatic carbocycles. The summed E-state index contributed by atoms with van der Waals surface area (Å²) in [7, 11) is 0. The van der Waals surface area contributed by atoms with Crippen LogP contribution in [-0.4, -0.2) is 5.96 Å². The van der Waals surface area contributed by atoms with Gasteiger partial charge in [-0.2, -0.15) is 0 Å². The largest absolute Gasteiger partial charge is 0.370 e. The third-order valence-corrected chi connectivity index (χ3v) is 2.77. The van der Waals surface area contributed by atoms with Crippen LogP contribution >= 0.6 is 0 Å². The van der Waals surface area contributed by atoms with Gasteiger partial charge < -0.3 is 11.1 Å². The van der Waals surface area contributed by atoms with Crippen molar-refractivity contribution >= 4 is 11.6 Å². The molecule has 3 nitrogen and oxygen atoms in total. The van der Waals surface area contributed by atoms with Crippen LogP contribution in [0.25, 0.3) is 0 Å². The van der Waals surface area contributed by atoms with Gasteiger partial charge in [-0.15, -0.1) is 0 Å². The van der Waals surface area contributed by atoms with Crippen LogP contribution in [0.15, 0.2) is 53.5 Å². The zero-order valence-corrected chi connectivity index (χ0v) is 11.4. The topological polar surface area (TPSA) is 50.4 Å². The third kappa shape index (κ3) is 4.14. The molecule has 0 saturated carbocycles. The zero-order chi connectivity index (χ0) is 13.7. The van der Waals surface area contributed by atoms with Crippen molar-refractivity contribution < 1.29 is 0 Å². The van der Waals surface area contributed by atoms with Gasteiger partial charge in [-0.05, 0) is 42.7 Å². The Bertz CT molecular complexity index is 554. The summed E-state index contributed by atoms with van der Waals surface area (Å²) >= 11 is 0. The Morgan fingerprint density at radius 3 is 2.32 bits per heavy atom. The quantitative estimate of drug-likeness (QED) is 0.651. The highest BCUT2D eigenvalue weighted by Gasteiger charge is 1.97. The van der Waals surface area contributed by atoms with Gasteiger partial charge in [0.15, 0.2) is 5.96 Å². The third-order valence-electron chi connectivity index (χ3n) is 2.77. The highest BCUT2D eigenvalue weighted by molar-refractivity contribution is 5.92. The first kappa shape index (κ1) is 13.1. The van der Waals surface area contributed by atoms with Crippen molar-refractivity contribution in [2.24, 2.45) is 10.7 Å². The van der Waals surface area contributed by atoms with E-state index in [1.54, 1.807) is 0 Å². The number of guanidine groups is 1. The summed E-state index contributed by atoms with van der Waals surface area (Å²) in [5.74, 6) is 0.439. The van der Waals surface area contributed by atoms with Gasteiger partial charge in [-0.3, -0.25) is 0 Å². The number of anilines is 1. The van der Waals surface area contributed by atoms with Gasteiger partial charge in [0, 0.05) is 5.69 Å². The predicted octanol–water partition coefficient (Wildman–Crippen LogP) is 3.23. The van der Waals surface area contributed by atoms with Crippen molar-refractivity contribution in [2.75, 3.05) is 5.32 Å². The maximum absolute atomic E-state index is 5.89. The molecule has 0 atom stereocenters. The number of nitrogens with one attached hydrogen (secondary N) is 1. The van der Waals surface area contributed by atoms with Gasteiger partial charge >= 0.3 is 0 Å². The van der Waals surface area contributed by atoms with E-state index in [0.717, 1.165) is 11.3 Å². The molecule has 0 aliphatic rings. The van der Waals surface area contributed by atoms with E-state index in [0.29, 0.717) is 12.5 Å². The molecule has 3 heteroatoms. The molecular formula is C16H19N3. The van der Waals surface area contributed by atoms with Crippen molar-refractivity contribution in [3.8, 4) is 0 Å². The molecule has 0 heterocycles. The van der Waals surface area contributed by atoms with Crippen LogP contribution in [0.3, 0.4) is 0 Å². The minimum atomic E-state index is 0.439. The summed E-state index contributed by atoms with van der Waals surface area (Å²) < 4.78 is 0. The highest BCUT2D eigenvalue weighted by atomic mass is 15.1. The Morgan fingerprint density at radius 1 is 1.05 bits per heavy atom. The van der Waals surface area contributed by atoms with Crippen LogP contribution in [0.5, 0.6) is 0 Å². The SMILES string of the molecule is Cc1cc(C)cc(NC(N)=NCc2ccccc2)c1. The zero-order valence-electron chi connectivity index (χ0n) is 11.4. The van der Waals surface area contributed by atoms with Crippen LogP contribution in [-0.2, 0) is 6.54 Å². The Labute approximate surface area is 114 Å². The number of aliphatic imine (C=N–C) groups is 1. The molecular weight excluding hydrogens is 234 g/mol. The molecule has 3 N–H and O–H groups in total. The van der Waals surface area contributed by atoms with Gasteiger partial charge in [0.05, 0.1) is 6.54 Å². The van der Waals surface area contributed by atoms with Crippen LogP contribution in [0, 0.1) is 13.8 Å². The second kappa shape index (κ2) is 6.05. The fraction of sp³-hybridized carbons (Fsp3) is 0.188. The molecule has 0 fully saturated rings. The van der Waals surface area contributed by atoms with Crippen LogP contribution < -0.4 is 11.1 Å². The molecule has 0 bridgehead atoms. The van der Waals surface area contributed by atoms with E-state index < -0.39 is 0 Å². The average molecular weight is 253 g/mol. The van der Waals surface area contributed by atoms with Gasteiger partial charge in [0.25, 0.3) is 0 Å². The van der Waals surface area contributed by atoms with Crippen molar-refractivity contribution in [3.05, 3.63) is 65.2 Å². The maximum Gasteiger partial charge on any atom is 0.193 e. The molecule has 19 heavy (non-hydrogen) atoms. The Kier molecular flexibility index (Phi) is 4.18. The standard InChI is InChI=1S/C16H19N3/c1-12-8-13(2)10-15(9-12)19-16(17)18-11-14-6-4-3-5-7-14/h3-10H,11H2,1-2H3,(H3,17,18,19). The van der Waals surface area contributed by atoms with Crippen LogP contribution in [0.4, 0.5) is 5.69 Å². The summed E-state index contributed by atoms with van der Waals surface area (Å²) in [4.78, 5) is 4.33. The lowest BCUT2D eigenvalue weighted by molar-refractivity contribution is 1.06. The van der Waals surface area contributed by atoms with Gasteiger partial charge in [-0.1, -0.05) is 36.4 Å². The maximum atomic E-state index is 5.89. The van der Waals surface area contributed by atoms with Crippen LogP contribution in [0.1, 0.15) is 16.7 Å². The van der Waals surface area contributed by atoms with Gasteiger partial charge in [-0.25, -0.2) is 4.99 Å². The van der Waals surface area contributed by atoms with Crippen molar-refractivity contribution in [1.82, 2.24) is 0 Å². The molecule has 0 aromatic heterocycles. The lowest BCUT2D eigenvalue weighted by Crippen LogP contribution is -2.22. The molecule has 98 valence electrons. The first-order valence-corrected chi connectivity index (χ1v) is 6.32. The molecule has 0 radical (unpaired) electrons. The summed E-state index contributed by atoms with van der Waals surface area (Å²) in [6.07, 6.45) is 0. The molecule has 0 amide bonds. The predicted molar refractivity (Wildman–Crippen MR) is 81.3 cm³/mol. The van der Waals surface area contributed by atoms with Gasteiger partial charge in [0.2, 0.25) is 0 Å². The number of nitrogens with zero attached hydrogens (tertiary/aromatic N) is 1. The van der Waals surface area contributed by atoms with Crippen molar-refractivity contribution in [3.63, 3.8) is 0 Å². The van der Waals surface area contributed by atoms with Gasteiger partial charge in [0.1, 0.15) is 0 Å². The molecule has 0 saturated heterocycles. The summed E-state index contributed by atoms with van der Waals surface area (Å²) in [5.41, 5.74) is 10.4. The van der Waals surface area contributed by atoms with E-state index in [-0.39, 0.29) is 0 Å². The molecule has 2 aromatic rings. The normalized spacial score (nSPS) is 11.4. The fourth-order valence-corrected chi connectivity index (χ4v) is 1.99. The smallest absolute Gasteiger partial charge is 0.193 e. The monoisotopic (exact) mass is 253 g/mol. The number of aryl methyl sites for hydroxylation is 2. The lowest BCUT2D eigenvalue weighted by Gasteiger charge is -2.08. The number of nitrogens with two attached hydrogens (primary N) is 1.